The van der Waals surface area contributed by atoms with E-state index in [0.717, 1.165) is 5.56 Å². The lowest BCUT2D eigenvalue weighted by molar-refractivity contribution is -0.141. The number of nitrogens with zero attached hydrogens (tertiary/aromatic N) is 1. The zero-order chi connectivity index (χ0) is 17.9. The number of hydrogen-bond donors (Lipinski definition) is 2. The molecule has 0 saturated carbocycles. The van der Waals surface area contributed by atoms with E-state index < -0.39 is 15.2 Å². The summed E-state index contributed by atoms with van der Waals surface area (Å²) in [5.74, 6) is 0.261. The summed E-state index contributed by atoms with van der Waals surface area (Å²) in [5.41, 5.74) is 0.733. The van der Waals surface area contributed by atoms with Crippen LogP contribution in [0.15, 0.2) is 48.5 Å². The van der Waals surface area contributed by atoms with Gasteiger partial charge in [0.05, 0.1) is 4.83 Å². The Morgan fingerprint density at radius 1 is 1.04 bits per heavy atom. The molecule has 0 amide bonds. The molecule has 0 heterocycles. The van der Waals surface area contributed by atoms with Gasteiger partial charge in [-0.15, -0.1) is 2.95 Å². The Hall–Kier alpha value is -0.610. The lowest BCUT2D eigenvalue weighted by Crippen LogP contribution is -2.43. The zero-order valence-corrected chi connectivity index (χ0v) is 18.2. The minimum Gasteiger partial charge on any atom is -0.508 e. The molecule has 0 radical (unpaired) electrons. The Kier molecular flexibility index (Phi) is 6.72. The molecule has 128 valence electrons. The largest absolute Gasteiger partial charge is 0.508 e. The number of alkyl halides is 2. The quantitative estimate of drug-likeness (QED) is 0.257. The van der Waals surface area contributed by atoms with Gasteiger partial charge in [0, 0.05) is 32.3 Å². The molecule has 2 aromatic rings. The fourth-order valence-corrected chi connectivity index (χ4v) is 4.07. The van der Waals surface area contributed by atoms with Crippen molar-refractivity contribution in [3.8, 4) is 17.2 Å². The minimum atomic E-state index is -1.44. The van der Waals surface area contributed by atoms with Gasteiger partial charge >= 0.3 is 5.97 Å². The molecule has 0 aliphatic carbocycles. The second kappa shape index (κ2) is 8.18. The number of benzene rings is 2. The van der Waals surface area contributed by atoms with Crippen LogP contribution in [0.4, 0.5) is 0 Å². The molecule has 9 heteroatoms. The van der Waals surface area contributed by atoms with Crippen LogP contribution < -0.4 is 4.74 Å². The number of rotatable bonds is 6. The number of carboxylic acids is 1. The Bertz CT molecular complexity index is 708. The van der Waals surface area contributed by atoms with Gasteiger partial charge in [0.1, 0.15) is 17.2 Å². The standard InChI is InChI=1S/C15H11Br4NO4/c16-13(15(17,14(22)23)20(18)19)9-1-5-11(6-2-9)24-12-7-3-10(21)4-8-12/h1-8,13,21H,(H,22,23)/t13?,15-/m0/s1. The van der Waals surface area contributed by atoms with Crippen LogP contribution in [0, 0.1) is 0 Å². The van der Waals surface area contributed by atoms with E-state index in [2.05, 4.69) is 64.2 Å². The van der Waals surface area contributed by atoms with E-state index in [-0.39, 0.29) is 5.75 Å². The van der Waals surface area contributed by atoms with Gasteiger partial charge in [0.15, 0.2) is 0 Å². The zero-order valence-electron chi connectivity index (χ0n) is 11.9. The van der Waals surface area contributed by atoms with Crippen LogP contribution in [0.1, 0.15) is 10.4 Å². The van der Waals surface area contributed by atoms with Crippen molar-refractivity contribution in [2.75, 3.05) is 0 Å². The predicted molar refractivity (Wildman–Crippen MR) is 105 cm³/mol. The molecule has 0 spiro atoms. The SMILES string of the molecule is O=C(O)[C@](Br)(C(Br)c1ccc(Oc2ccc(O)cc2)cc1)N(Br)Br. The number of aliphatic carboxylic acids is 1. The van der Waals surface area contributed by atoms with Crippen molar-refractivity contribution in [2.24, 2.45) is 0 Å². The Morgan fingerprint density at radius 3 is 1.92 bits per heavy atom. The highest BCUT2D eigenvalue weighted by molar-refractivity contribution is 9.22. The maximum absolute atomic E-state index is 11.6. The summed E-state index contributed by atoms with van der Waals surface area (Å²) in [7, 11) is 0. The Morgan fingerprint density at radius 2 is 1.50 bits per heavy atom. The smallest absolute Gasteiger partial charge is 0.338 e. The topological polar surface area (TPSA) is 70.0 Å². The molecule has 0 bridgehead atoms. The fraction of sp³-hybridized carbons (Fsp3) is 0.133. The Balaban J connectivity index is 2.19. The average Bonchev–Trinajstić information content (AvgIpc) is 2.55. The molecule has 2 N–H and O–H groups in total. The van der Waals surface area contributed by atoms with E-state index in [9.17, 15) is 15.0 Å². The van der Waals surface area contributed by atoms with Gasteiger partial charge in [-0.2, -0.15) is 0 Å². The molecule has 2 rings (SSSR count). The van der Waals surface area contributed by atoms with E-state index >= 15 is 0 Å². The van der Waals surface area contributed by atoms with Crippen molar-refractivity contribution in [1.82, 2.24) is 2.95 Å². The second-order valence-electron chi connectivity index (χ2n) is 4.74. The maximum atomic E-state index is 11.6. The average molecular weight is 589 g/mol. The molecule has 0 fully saturated rings. The van der Waals surface area contributed by atoms with Gasteiger partial charge in [-0.25, -0.2) is 4.79 Å². The summed E-state index contributed by atoms with van der Waals surface area (Å²) < 4.78 is 5.44. The van der Waals surface area contributed by atoms with Gasteiger partial charge in [-0.3, -0.25) is 0 Å². The van der Waals surface area contributed by atoms with Crippen LogP contribution in [0.3, 0.4) is 0 Å². The first-order valence-electron chi connectivity index (χ1n) is 6.50. The molecular weight excluding hydrogens is 578 g/mol. The number of phenols is 1. The highest BCUT2D eigenvalue weighted by atomic mass is 79.9. The van der Waals surface area contributed by atoms with Crippen molar-refractivity contribution in [3.63, 3.8) is 0 Å². The summed E-state index contributed by atoms with van der Waals surface area (Å²) in [6.45, 7) is 0. The van der Waals surface area contributed by atoms with Gasteiger partial charge < -0.3 is 14.9 Å². The third-order valence-corrected chi connectivity index (χ3v) is 8.15. The van der Waals surface area contributed by atoms with E-state index in [0.29, 0.717) is 11.5 Å². The third kappa shape index (κ3) is 4.32. The number of phenolic OH excluding ortho intramolecular Hbond substituents is 1. The first-order valence-corrected chi connectivity index (χ1v) is 9.63. The van der Waals surface area contributed by atoms with Crippen LogP contribution in [-0.4, -0.2) is 23.6 Å². The highest BCUT2D eigenvalue weighted by Gasteiger charge is 2.48. The molecular formula is C15H11Br4NO4. The van der Waals surface area contributed by atoms with Crippen LogP contribution in [0.25, 0.3) is 0 Å². The monoisotopic (exact) mass is 585 g/mol. The molecule has 24 heavy (non-hydrogen) atoms. The number of aromatic hydroxyl groups is 1. The molecule has 5 nitrogen and oxygen atoms in total. The van der Waals surface area contributed by atoms with Crippen molar-refractivity contribution >= 4 is 70.1 Å². The van der Waals surface area contributed by atoms with Crippen LogP contribution in [-0.2, 0) is 4.79 Å². The Labute approximate surface area is 172 Å². The van der Waals surface area contributed by atoms with Gasteiger partial charge in [-0.1, -0.05) is 44.0 Å². The molecule has 2 atom stereocenters. The van der Waals surface area contributed by atoms with Crippen LogP contribution in [0.5, 0.6) is 17.2 Å². The van der Waals surface area contributed by atoms with E-state index in [1.54, 1.807) is 36.4 Å². The highest BCUT2D eigenvalue weighted by Crippen LogP contribution is 2.46. The first-order chi connectivity index (χ1) is 11.2. The van der Waals surface area contributed by atoms with Crippen LogP contribution >= 0.6 is 64.2 Å². The third-order valence-electron chi connectivity index (χ3n) is 3.13. The van der Waals surface area contributed by atoms with E-state index in [4.69, 9.17) is 4.74 Å². The molecule has 0 aromatic heterocycles. The lowest BCUT2D eigenvalue weighted by atomic mass is 10.1. The summed E-state index contributed by atoms with van der Waals surface area (Å²) in [6.07, 6.45) is 0. The van der Waals surface area contributed by atoms with Gasteiger partial charge in [0.2, 0.25) is 4.45 Å². The summed E-state index contributed by atoms with van der Waals surface area (Å²) >= 11 is 12.9. The van der Waals surface area contributed by atoms with E-state index in [1.807, 2.05) is 0 Å². The fourth-order valence-electron chi connectivity index (χ4n) is 1.84. The van der Waals surface area contributed by atoms with Crippen molar-refractivity contribution in [2.45, 2.75) is 9.28 Å². The van der Waals surface area contributed by atoms with Gasteiger partial charge in [0.25, 0.3) is 0 Å². The normalized spacial score (nSPS) is 14.9. The number of hydrogen-bond acceptors (Lipinski definition) is 4. The molecule has 2 aromatic carbocycles. The van der Waals surface area contributed by atoms with Crippen LogP contribution in [0.2, 0.25) is 0 Å². The maximum Gasteiger partial charge on any atom is 0.338 e. The summed E-state index contributed by atoms with van der Waals surface area (Å²) in [4.78, 5) is 11.0. The molecule has 1 unspecified atom stereocenters. The first kappa shape index (κ1) is 19.7. The van der Waals surface area contributed by atoms with Crippen molar-refractivity contribution in [3.05, 3.63) is 54.1 Å². The number of carboxylic acid groups (broad SMARTS) is 1. The van der Waals surface area contributed by atoms with E-state index in [1.165, 1.54) is 15.1 Å². The number of halogens is 4. The van der Waals surface area contributed by atoms with Crippen molar-refractivity contribution in [1.29, 1.82) is 0 Å². The van der Waals surface area contributed by atoms with Gasteiger partial charge in [-0.05, 0) is 42.0 Å². The summed E-state index contributed by atoms with van der Waals surface area (Å²) in [6, 6.07) is 13.4. The molecule has 0 aliphatic heterocycles. The number of carbonyl (C=O) groups is 1. The second-order valence-corrected chi connectivity index (χ2v) is 9.23. The lowest BCUT2D eigenvalue weighted by Gasteiger charge is -2.31. The van der Waals surface area contributed by atoms with Crippen molar-refractivity contribution < 1.29 is 19.7 Å². The number of ether oxygens (including phenoxy) is 1. The molecule has 0 saturated heterocycles. The predicted octanol–water partition coefficient (Wildman–Crippen LogP) is 5.72. The summed E-state index contributed by atoms with van der Waals surface area (Å²) in [5, 5.41) is 18.7. The minimum absolute atomic E-state index is 0.163. The molecule has 0 aliphatic rings.